The molecule has 3 aromatic carbocycles. The highest BCUT2D eigenvalue weighted by molar-refractivity contribution is 6.00. The van der Waals surface area contributed by atoms with E-state index in [1.807, 2.05) is 49.4 Å². The molecule has 1 saturated carbocycles. The summed E-state index contributed by atoms with van der Waals surface area (Å²) < 4.78 is 0. The van der Waals surface area contributed by atoms with Gasteiger partial charge in [0.05, 0.1) is 11.6 Å². The molecular formula is C37H40N4O3. The molecule has 2 aliphatic heterocycles. The minimum absolute atomic E-state index is 0.0686. The number of rotatable bonds is 8. The van der Waals surface area contributed by atoms with Crippen LogP contribution >= 0.6 is 0 Å². The van der Waals surface area contributed by atoms with Crippen molar-refractivity contribution < 1.29 is 14.4 Å². The number of aryl methyl sites for hydroxylation is 1. The fraction of sp³-hybridized carbons (Fsp3) is 0.405. The quantitative estimate of drug-likeness (QED) is 0.381. The van der Waals surface area contributed by atoms with Crippen LogP contribution in [0.1, 0.15) is 77.9 Å². The summed E-state index contributed by atoms with van der Waals surface area (Å²) in [6, 6.07) is 22.8. The Balaban J connectivity index is 1.36. The zero-order chi connectivity index (χ0) is 30.6. The summed E-state index contributed by atoms with van der Waals surface area (Å²) in [7, 11) is 0. The number of fused-ring (bicyclic) bond motifs is 2. The Morgan fingerprint density at radius 1 is 0.955 bits per heavy atom. The first-order valence-electron chi connectivity index (χ1n) is 16.0. The number of carbonyl (C=O) groups is 3. The van der Waals surface area contributed by atoms with Crippen molar-refractivity contribution in [3.63, 3.8) is 0 Å². The molecule has 3 amide bonds. The highest BCUT2D eigenvalue weighted by Crippen LogP contribution is 2.38. The van der Waals surface area contributed by atoms with Gasteiger partial charge in [0.1, 0.15) is 18.1 Å². The number of carbonyl (C=O) groups excluding carboxylic acids is 3. The lowest BCUT2D eigenvalue weighted by atomic mass is 9.81. The van der Waals surface area contributed by atoms with Gasteiger partial charge < -0.3 is 15.1 Å². The van der Waals surface area contributed by atoms with E-state index < -0.39 is 18.1 Å². The van der Waals surface area contributed by atoms with Crippen molar-refractivity contribution >= 4 is 17.7 Å². The molecule has 1 saturated heterocycles. The topological polar surface area (TPSA) is 93.5 Å². The van der Waals surface area contributed by atoms with Crippen LogP contribution in [0.15, 0.2) is 72.8 Å². The Morgan fingerprint density at radius 3 is 2.43 bits per heavy atom. The molecule has 2 heterocycles. The number of benzene rings is 3. The lowest BCUT2D eigenvalue weighted by Crippen LogP contribution is -2.67. The number of nitrogens with one attached hydrogen (secondary N) is 1. The molecule has 1 unspecified atom stereocenters. The summed E-state index contributed by atoms with van der Waals surface area (Å²) >= 11 is 0. The third-order valence-corrected chi connectivity index (χ3v) is 9.65. The number of nitrogens with zero attached hydrogens (tertiary/aromatic N) is 3. The van der Waals surface area contributed by atoms with Crippen LogP contribution in [0.4, 0.5) is 0 Å². The molecule has 7 nitrogen and oxygen atoms in total. The maximum atomic E-state index is 14.6. The van der Waals surface area contributed by atoms with Crippen molar-refractivity contribution in [2.45, 2.75) is 83.0 Å². The molecular weight excluding hydrogens is 548 g/mol. The Morgan fingerprint density at radius 2 is 1.70 bits per heavy atom. The van der Waals surface area contributed by atoms with Gasteiger partial charge in [-0.05, 0) is 60.1 Å². The summed E-state index contributed by atoms with van der Waals surface area (Å²) in [5.41, 5.74) is 5.51. The number of nitriles is 1. The molecule has 1 N–H and O–H groups in total. The van der Waals surface area contributed by atoms with Crippen LogP contribution in [-0.4, -0.2) is 46.1 Å². The van der Waals surface area contributed by atoms with Gasteiger partial charge in [-0.25, -0.2) is 0 Å². The second kappa shape index (κ2) is 13.1. The Labute approximate surface area is 259 Å². The Bertz CT molecular complexity index is 1570. The normalized spacial score (nSPS) is 20.8. The summed E-state index contributed by atoms with van der Waals surface area (Å²) in [5.74, 6) is -0.224. The van der Waals surface area contributed by atoms with Gasteiger partial charge in [0.25, 0.3) is 0 Å². The van der Waals surface area contributed by atoms with Gasteiger partial charge in [0.2, 0.25) is 17.7 Å². The average molecular weight is 589 g/mol. The maximum Gasteiger partial charge on any atom is 0.247 e. The van der Waals surface area contributed by atoms with Crippen LogP contribution in [-0.2, 0) is 33.8 Å². The lowest BCUT2D eigenvalue weighted by molar-refractivity contribution is -0.169. The fourth-order valence-corrected chi connectivity index (χ4v) is 7.34. The second-order valence-corrected chi connectivity index (χ2v) is 12.6. The fourth-order valence-electron chi connectivity index (χ4n) is 7.34. The lowest BCUT2D eigenvalue weighted by Gasteiger charge is -2.50. The highest BCUT2D eigenvalue weighted by atomic mass is 16.2. The largest absolute Gasteiger partial charge is 0.354 e. The standard InChI is InChI=1S/C37H40N4O3/c1-25-8-7-11-27(20-25)18-19-39-35(42)34(29-16-14-28(23-38)15-17-29)41-33(21-26-9-3-2-4-10-26)36(43)40-24-31-13-6-5-12-30(31)22-32(40)37(41)44/h5-8,11-17,20,26,32-34H,2-4,9-10,18-19,21-22,24H2,1H3,(H,39,42)/t32-,33-,34?/m0/s1. The van der Waals surface area contributed by atoms with Crippen molar-refractivity contribution in [3.05, 3.63) is 106 Å². The van der Waals surface area contributed by atoms with Gasteiger partial charge in [-0.1, -0.05) is 98.3 Å². The first kappa shape index (κ1) is 29.6. The van der Waals surface area contributed by atoms with Crippen molar-refractivity contribution in [1.82, 2.24) is 15.1 Å². The van der Waals surface area contributed by atoms with Gasteiger partial charge in [-0.3, -0.25) is 14.4 Å². The van der Waals surface area contributed by atoms with Gasteiger partial charge in [-0.15, -0.1) is 0 Å². The second-order valence-electron chi connectivity index (χ2n) is 12.6. The van der Waals surface area contributed by atoms with E-state index in [1.54, 1.807) is 34.1 Å². The number of amides is 3. The van der Waals surface area contributed by atoms with Crippen LogP contribution < -0.4 is 5.32 Å². The van der Waals surface area contributed by atoms with E-state index >= 15 is 0 Å². The molecule has 0 bridgehead atoms. The predicted molar refractivity (Wildman–Crippen MR) is 168 cm³/mol. The molecule has 3 atom stereocenters. The van der Waals surface area contributed by atoms with E-state index in [4.69, 9.17) is 0 Å². The smallest absolute Gasteiger partial charge is 0.247 e. The van der Waals surface area contributed by atoms with Crippen molar-refractivity contribution in [2.75, 3.05) is 6.54 Å². The van der Waals surface area contributed by atoms with Crippen molar-refractivity contribution in [2.24, 2.45) is 5.92 Å². The van der Waals surface area contributed by atoms with Crippen LogP contribution in [0.5, 0.6) is 0 Å². The first-order valence-corrected chi connectivity index (χ1v) is 16.0. The highest BCUT2D eigenvalue weighted by Gasteiger charge is 2.51. The zero-order valence-electron chi connectivity index (χ0n) is 25.4. The summed E-state index contributed by atoms with van der Waals surface area (Å²) in [6.07, 6.45) is 7.14. The molecule has 0 aromatic heterocycles. The van der Waals surface area contributed by atoms with Gasteiger partial charge in [0.15, 0.2) is 0 Å². The summed E-state index contributed by atoms with van der Waals surface area (Å²) in [6.45, 7) is 2.85. The van der Waals surface area contributed by atoms with E-state index in [0.29, 0.717) is 49.4 Å². The molecule has 3 aromatic rings. The molecule has 226 valence electrons. The maximum absolute atomic E-state index is 14.6. The Kier molecular flexibility index (Phi) is 8.79. The van der Waals surface area contributed by atoms with E-state index in [1.165, 1.54) is 6.42 Å². The summed E-state index contributed by atoms with van der Waals surface area (Å²) in [4.78, 5) is 46.7. The van der Waals surface area contributed by atoms with Crippen LogP contribution in [0.3, 0.4) is 0 Å². The van der Waals surface area contributed by atoms with Gasteiger partial charge in [0, 0.05) is 19.5 Å². The van der Waals surface area contributed by atoms with E-state index in [2.05, 4.69) is 17.5 Å². The number of piperazine rings is 1. The molecule has 2 fully saturated rings. The molecule has 44 heavy (non-hydrogen) atoms. The minimum Gasteiger partial charge on any atom is -0.354 e. The third kappa shape index (κ3) is 6.12. The predicted octanol–water partition coefficient (Wildman–Crippen LogP) is 5.40. The molecule has 3 aliphatic rings. The number of hydrogen-bond acceptors (Lipinski definition) is 4. The summed E-state index contributed by atoms with van der Waals surface area (Å²) in [5, 5.41) is 12.5. The van der Waals surface area contributed by atoms with Crippen LogP contribution in [0, 0.1) is 24.2 Å². The van der Waals surface area contributed by atoms with Gasteiger partial charge in [-0.2, -0.15) is 5.26 Å². The zero-order valence-corrected chi connectivity index (χ0v) is 25.4. The third-order valence-electron chi connectivity index (χ3n) is 9.65. The Hall–Kier alpha value is -4.44. The van der Waals surface area contributed by atoms with Crippen molar-refractivity contribution in [1.29, 1.82) is 5.26 Å². The SMILES string of the molecule is Cc1cccc(CCNC(=O)C(c2ccc(C#N)cc2)N2C(=O)[C@@H]3Cc4ccccc4CN3C(=O)[C@@H]2CC2CCCCC2)c1. The molecule has 0 spiro atoms. The molecule has 7 heteroatoms. The van der Waals surface area contributed by atoms with E-state index in [-0.39, 0.29) is 17.7 Å². The molecule has 6 rings (SSSR count). The molecule has 0 radical (unpaired) electrons. The minimum atomic E-state index is -0.982. The van der Waals surface area contributed by atoms with Crippen molar-refractivity contribution in [3.8, 4) is 6.07 Å². The first-order chi connectivity index (χ1) is 21.4. The monoisotopic (exact) mass is 588 g/mol. The van der Waals surface area contributed by atoms with Crippen LogP contribution in [0.25, 0.3) is 0 Å². The molecule has 1 aliphatic carbocycles. The average Bonchev–Trinajstić information content (AvgIpc) is 3.05. The van der Waals surface area contributed by atoms with E-state index in [9.17, 15) is 19.6 Å². The van der Waals surface area contributed by atoms with E-state index in [0.717, 1.165) is 47.9 Å². The van der Waals surface area contributed by atoms with Crippen LogP contribution in [0.2, 0.25) is 0 Å². The van der Waals surface area contributed by atoms with Gasteiger partial charge >= 0.3 is 0 Å². The number of hydrogen-bond donors (Lipinski definition) is 1.